The van der Waals surface area contributed by atoms with E-state index < -0.39 is 0 Å². The number of hydrogen-bond donors (Lipinski definition) is 2. The molecule has 0 amide bonds. The van der Waals surface area contributed by atoms with Crippen LogP contribution < -0.4 is 5.32 Å². The maximum absolute atomic E-state index is 8.81. The first-order chi connectivity index (χ1) is 9.74. The molecule has 0 unspecified atom stereocenters. The fraction of sp³-hybridized carbons (Fsp3) is 0.625. The molecule has 1 aromatic carbocycles. The highest BCUT2D eigenvalue weighted by Crippen LogP contribution is 2.31. The molecule has 1 fully saturated rings. The van der Waals surface area contributed by atoms with Gasteiger partial charge in [0.25, 0.3) is 0 Å². The van der Waals surface area contributed by atoms with E-state index in [1.54, 1.807) is 0 Å². The smallest absolute Gasteiger partial charge is 0.0221 e. The van der Waals surface area contributed by atoms with Crippen LogP contribution in [0, 0.1) is 0 Å². The Balaban J connectivity index is 1.96. The molecule has 1 aliphatic carbocycles. The maximum atomic E-state index is 8.81. The van der Waals surface area contributed by atoms with Crippen LogP contribution >= 0.6 is 28.0 Å². The third-order valence-corrected chi connectivity index (χ3v) is 5.18. The van der Waals surface area contributed by atoms with E-state index in [0.29, 0.717) is 0 Å². The van der Waals surface area contributed by atoms with Crippen LogP contribution in [0.4, 0.5) is 0 Å². The molecule has 0 atom stereocenters. The normalized spacial score (nSPS) is 18.1. The predicted molar refractivity (Wildman–Crippen MR) is 91.4 cm³/mol. The minimum Gasteiger partial charge on any atom is -0.330 e. The highest BCUT2D eigenvalue weighted by molar-refractivity contribution is 9.10. The Morgan fingerprint density at radius 1 is 1.15 bits per heavy atom. The van der Waals surface area contributed by atoms with Crippen LogP contribution in [0.25, 0.3) is 0 Å². The van der Waals surface area contributed by atoms with Gasteiger partial charge in [-0.15, -0.1) is 0 Å². The van der Waals surface area contributed by atoms with Crippen LogP contribution in [0.15, 0.2) is 28.7 Å². The molecular formula is C16H24BrNOS. The van der Waals surface area contributed by atoms with Gasteiger partial charge >= 0.3 is 0 Å². The van der Waals surface area contributed by atoms with Gasteiger partial charge in [-0.05, 0) is 62.0 Å². The van der Waals surface area contributed by atoms with E-state index in [9.17, 15) is 0 Å². The fourth-order valence-corrected chi connectivity index (χ4v) is 3.67. The Hall–Kier alpha value is -0.0300. The van der Waals surface area contributed by atoms with Gasteiger partial charge in [0.15, 0.2) is 0 Å². The summed E-state index contributed by atoms with van der Waals surface area (Å²) in [6, 6.07) is 8.72. The van der Waals surface area contributed by atoms with Crippen molar-refractivity contribution in [2.75, 3.05) is 12.3 Å². The van der Waals surface area contributed by atoms with Crippen molar-refractivity contribution >= 4 is 28.0 Å². The van der Waals surface area contributed by atoms with E-state index in [1.165, 1.54) is 37.7 Å². The molecule has 2 N–H and O–H groups in total. The van der Waals surface area contributed by atoms with Crippen molar-refractivity contribution in [3.8, 4) is 0 Å². The number of hydrogen-bond acceptors (Lipinski definition) is 3. The Bertz CT molecular complexity index is 390. The van der Waals surface area contributed by atoms with Crippen LogP contribution in [0.5, 0.6) is 0 Å². The highest BCUT2D eigenvalue weighted by atomic mass is 79.9. The van der Waals surface area contributed by atoms with Crippen LogP contribution in [0.2, 0.25) is 0 Å². The van der Waals surface area contributed by atoms with Gasteiger partial charge in [-0.2, -0.15) is 0 Å². The Morgan fingerprint density at radius 3 is 2.50 bits per heavy atom. The molecule has 1 aromatic rings. The average Bonchev–Trinajstić information content (AvgIpc) is 2.47. The molecule has 0 heterocycles. The van der Waals surface area contributed by atoms with E-state index in [1.807, 2.05) is 0 Å². The van der Waals surface area contributed by atoms with Crippen molar-refractivity contribution in [1.82, 2.24) is 5.32 Å². The number of benzene rings is 1. The standard InChI is InChI=1S/C16H24BrNOS/c17-15-7-5-14(6-8-15)13-16(9-2-1-3-10-16)18-11-4-12-20-19/h5-8,18-19H,1-4,9-13H2. The Labute approximate surface area is 135 Å². The van der Waals surface area contributed by atoms with Crippen molar-refractivity contribution in [2.24, 2.45) is 0 Å². The largest absolute Gasteiger partial charge is 0.330 e. The van der Waals surface area contributed by atoms with Crippen LogP contribution in [-0.2, 0) is 6.42 Å². The molecule has 1 saturated carbocycles. The van der Waals surface area contributed by atoms with E-state index >= 15 is 0 Å². The molecule has 0 bridgehead atoms. The molecule has 20 heavy (non-hydrogen) atoms. The first-order valence-electron chi connectivity index (χ1n) is 7.50. The zero-order valence-electron chi connectivity index (χ0n) is 11.9. The third-order valence-electron chi connectivity index (χ3n) is 4.18. The van der Waals surface area contributed by atoms with Crippen LogP contribution in [0.1, 0.15) is 44.1 Å². The van der Waals surface area contributed by atoms with Gasteiger partial charge < -0.3 is 9.87 Å². The molecule has 0 aromatic heterocycles. The number of nitrogens with one attached hydrogen (secondary N) is 1. The lowest BCUT2D eigenvalue weighted by Crippen LogP contribution is -2.49. The lowest BCUT2D eigenvalue weighted by atomic mass is 9.77. The van der Waals surface area contributed by atoms with Crippen molar-refractivity contribution in [3.63, 3.8) is 0 Å². The third kappa shape index (κ3) is 5.06. The second-order valence-electron chi connectivity index (χ2n) is 5.76. The summed E-state index contributed by atoms with van der Waals surface area (Å²) in [5, 5.41) is 3.80. The van der Waals surface area contributed by atoms with E-state index in [4.69, 9.17) is 4.55 Å². The van der Waals surface area contributed by atoms with E-state index in [0.717, 1.165) is 41.7 Å². The summed E-state index contributed by atoms with van der Waals surface area (Å²) in [4.78, 5) is 0. The second-order valence-corrected chi connectivity index (χ2v) is 7.34. The monoisotopic (exact) mass is 357 g/mol. The zero-order valence-corrected chi connectivity index (χ0v) is 14.3. The van der Waals surface area contributed by atoms with Crippen molar-refractivity contribution < 1.29 is 4.55 Å². The van der Waals surface area contributed by atoms with Crippen LogP contribution in [0.3, 0.4) is 0 Å². The summed E-state index contributed by atoms with van der Waals surface area (Å²) in [5.41, 5.74) is 1.69. The second kappa shape index (κ2) is 8.42. The summed E-state index contributed by atoms with van der Waals surface area (Å²) >= 11 is 4.45. The lowest BCUT2D eigenvalue weighted by Gasteiger charge is -2.39. The van der Waals surface area contributed by atoms with Crippen molar-refractivity contribution in [1.29, 1.82) is 0 Å². The first-order valence-corrected chi connectivity index (χ1v) is 9.23. The minimum absolute atomic E-state index is 0.270. The topological polar surface area (TPSA) is 32.3 Å². The summed E-state index contributed by atoms with van der Waals surface area (Å²) < 4.78 is 9.96. The quantitative estimate of drug-likeness (QED) is 0.538. The fourth-order valence-electron chi connectivity index (χ4n) is 3.13. The summed E-state index contributed by atoms with van der Waals surface area (Å²) in [6.07, 6.45) is 8.73. The summed E-state index contributed by atoms with van der Waals surface area (Å²) in [7, 11) is 0. The summed E-state index contributed by atoms with van der Waals surface area (Å²) in [5.74, 6) is 0.821. The molecule has 0 spiro atoms. The molecule has 4 heteroatoms. The number of halogens is 1. The molecule has 112 valence electrons. The average molecular weight is 358 g/mol. The molecule has 2 nitrogen and oxygen atoms in total. The van der Waals surface area contributed by atoms with Gasteiger partial charge in [0.1, 0.15) is 0 Å². The molecule has 0 saturated heterocycles. The van der Waals surface area contributed by atoms with E-state index in [-0.39, 0.29) is 5.54 Å². The van der Waals surface area contributed by atoms with Crippen molar-refractivity contribution in [2.45, 2.75) is 50.5 Å². The van der Waals surface area contributed by atoms with Gasteiger partial charge in [0.2, 0.25) is 0 Å². The molecule has 0 radical (unpaired) electrons. The van der Waals surface area contributed by atoms with Gasteiger partial charge in [-0.3, -0.25) is 0 Å². The molecule has 2 rings (SSSR count). The minimum atomic E-state index is 0.270. The SMILES string of the molecule is OSCCCNC1(Cc2ccc(Br)cc2)CCCCC1. The molecule has 0 aliphatic heterocycles. The van der Waals surface area contributed by atoms with E-state index in [2.05, 4.69) is 45.5 Å². The molecule has 1 aliphatic rings. The van der Waals surface area contributed by atoms with Gasteiger partial charge in [0.05, 0.1) is 0 Å². The van der Waals surface area contributed by atoms with Gasteiger partial charge in [-0.25, -0.2) is 0 Å². The predicted octanol–water partition coefficient (Wildman–Crippen LogP) is 4.88. The number of rotatable bonds is 7. The highest BCUT2D eigenvalue weighted by Gasteiger charge is 2.31. The Kier molecular flexibility index (Phi) is 6.88. The zero-order chi connectivity index (χ0) is 14.3. The van der Waals surface area contributed by atoms with Crippen LogP contribution in [-0.4, -0.2) is 22.4 Å². The first kappa shape index (κ1) is 16.3. The van der Waals surface area contributed by atoms with Gasteiger partial charge in [0, 0.05) is 15.8 Å². The van der Waals surface area contributed by atoms with Gasteiger partial charge in [-0.1, -0.05) is 47.3 Å². The lowest BCUT2D eigenvalue weighted by molar-refractivity contribution is 0.230. The Morgan fingerprint density at radius 2 is 1.85 bits per heavy atom. The summed E-state index contributed by atoms with van der Waals surface area (Å²) in [6.45, 7) is 1.00. The van der Waals surface area contributed by atoms with Crippen molar-refractivity contribution in [3.05, 3.63) is 34.3 Å². The maximum Gasteiger partial charge on any atom is 0.0221 e. The molecular weight excluding hydrogens is 334 g/mol.